The molecule has 5 rings (SSSR count). The van der Waals surface area contributed by atoms with E-state index in [1.165, 1.54) is 38.1 Å². The van der Waals surface area contributed by atoms with Crippen molar-refractivity contribution in [2.75, 3.05) is 0 Å². The number of rotatable bonds is 1. The van der Waals surface area contributed by atoms with Gasteiger partial charge in [-0.05, 0) is 22.9 Å². The number of hydrogen-bond donors (Lipinski definition) is 0. The van der Waals surface area contributed by atoms with E-state index in [1.807, 2.05) is 24.4 Å². The third-order valence-electron chi connectivity index (χ3n) is 4.78. The van der Waals surface area contributed by atoms with Gasteiger partial charge >= 0.3 is 0 Å². The first kappa shape index (κ1) is 16.4. The molecule has 0 aliphatic heterocycles. The monoisotopic (exact) mass is 396 g/mol. The summed E-state index contributed by atoms with van der Waals surface area (Å²) in [5.74, 6) is 0. The maximum Gasteiger partial charge on any atom is 0.0708 e. The minimum Gasteiger partial charge on any atom is -0.367 e. The smallest absolute Gasteiger partial charge is 0.0708 e. The Morgan fingerprint density at radius 2 is 1.68 bits per heavy atom. The number of fused-ring (bicyclic) bond motifs is 5. The van der Waals surface area contributed by atoms with Gasteiger partial charge in [0.05, 0.1) is 5.69 Å². The van der Waals surface area contributed by atoms with Crippen LogP contribution >= 0.6 is 0 Å². The first-order chi connectivity index (χ1) is 11.8. The molecule has 0 amide bonds. The Morgan fingerprint density at radius 3 is 2.48 bits per heavy atom. The van der Waals surface area contributed by atoms with Crippen molar-refractivity contribution in [3.05, 3.63) is 79.0 Å². The van der Waals surface area contributed by atoms with Crippen LogP contribution in [0.4, 0.5) is 0 Å². The van der Waals surface area contributed by atoms with Crippen molar-refractivity contribution in [2.24, 2.45) is 7.05 Å². The van der Waals surface area contributed by atoms with Crippen LogP contribution in [0.3, 0.4) is 0 Å². The van der Waals surface area contributed by atoms with E-state index in [9.17, 15) is 0 Å². The largest absolute Gasteiger partial charge is 0.367 e. The van der Waals surface area contributed by atoms with Gasteiger partial charge in [0.15, 0.2) is 0 Å². The normalized spacial score (nSPS) is 11.1. The quantitative estimate of drug-likeness (QED) is 0.350. The summed E-state index contributed by atoms with van der Waals surface area (Å²) in [6, 6.07) is 26.3. The average molecular weight is 396 g/mol. The first-order valence-corrected chi connectivity index (χ1v) is 8.06. The van der Waals surface area contributed by atoms with Crippen LogP contribution in [-0.2, 0) is 39.8 Å². The van der Waals surface area contributed by atoms with E-state index in [4.69, 9.17) is 0 Å². The zero-order valence-corrected chi connectivity index (χ0v) is 16.7. The Labute approximate surface area is 171 Å². The van der Waals surface area contributed by atoms with Crippen molar-refractivity contribution in [1.82, 2.24) is 9.55 Å². The molecule has 0 spiro atoms. The van der Waals surface area contributed by atoms with E-state index in [0.29, 0.717) is 0 Å². The molecule has 0 saturated heterocycles. The molecule has 0 saturated carbocycles. The van der Waals surface area contributed by atoms with Gasteiger partial charge in [-0.1, -0.05) is 41.9 Å². The summed E-state index contributed by atoms with van der Waals surface area (Å²) in [7, 11) is 2.14. The molecule has 2 heterocycles. The molecule has 0 fully saturated rings. The molecule has 1 radical (unpaired) electrons. The molecule has 25 heavy (non-hydrogen) atoms. The van der Waals surface area contributed by atoms with Gasteiger partial charge in [-0.15, -0.1) is 11.5 Å². The summed E-state index contributed by atoms with van der Waals surface area (Å²) in [4.78, 5) is 4.58. The van der Waals surface area contributed by atoms with Gasteiger partial charge in [0.25, 0.3) is 0 Å². The summed E-state index contributed by atoms with van der Waals surface area (Å²) < 4.78 is 2.28. The summed E-state index contributed by atoms with van der Waals surface area (Å²) in [6.07, 6.45) is 1.85. The zero-order chi connectivity index (χ0) is 16.1. The Balaban J connectivity index is 0.00000157. The predicted molar refractivity (Wildman–Crippen MR) is 100.0 cm³/mol. The van der Waals surface area contributed by atoms with E-state index in [0.717, 1.165) is 5.69 Å². The van der Waals surface area contributed by atoms with Crippen molar-refractivity contribution in [3.8, 4) is 11.3 Å². The van der Waals surface area contributed by atoms with Crippen LogP contribution in [0, 0.1) is 6.07 Å². The fraction of sp³-hybridized carbons (Fsp3) is 0.0455. The zero-order valence-electron chi connectivity index (χ0n) is 13.9. The molecule has 2 nitrogen and oxygen atoms in total. The van der Waals surface area contributed by atoms with E-state index < -0.39 is 0 Å². The number of aryl methyl sites for hydroxylation is 1. The average Bonchev–Trinajstić information content (AvgIpc) is 2.95. The number of aromatic nitrogens is 2. The van der Waals surface area contributed by atoms with E-state index >= 15 is 0 Å². The van der Waals surface area contributed by atoms with Crippen molar-refractivity contribution < 1.29 is 32.7 Å². The van der Waals surface area contributed by atoms with Crippen LogP contribution in [0.5, 0.6) is 0 Å². The van der Waals surface area contributed by atoms with E-state index in [-0.39, 0.29) is 32.7 Å². The van der Waals surface area contributed by atoms with Crippen LogP contribution in [0.25, 0.3) is 43.8 Å². The van der Waals surface area contributed by atoms with Gasteiger partial charge < -0.3 is 4.57 Å². The molecule has 2 aromatic heterocycles. The van der Waals surface area contributed by atoms with Gasteiger partial charge in [-0.25, -0.2) is 0 Å². The van der Waals surface area contributed by atoms with Crippen LogP contribution < -0.4 is 0 Å². The third-order valence-corrected chi connectivity index (χ3v) is 4.78. The second kappa shape index (κ2) is 6.36. The minimum atomic E-state index is 0. The summed E-state index contributed by atoms with van der Waals surface area (Å²) in [5, 5.41) is 4.98. The van der Waals surface area contributed by atoms with Crippen molar-refractivity contribution in [1.29, 1.82) is 0 Å². The molecule has 0 unspecified atom stereocenters. The Hall–Kier alpha value is -2.03. The molecular weight excluding hydrogens is 381 g/mol. The van der Waals surface area contributed by atoms with Gasteiger partial charge in [-0.3, -0.25) is 4.98 Å². The molecular formula is C22H15N2Y-. The molecule has 3 aromatic carbocycles. The van der Waals surface area contributed by atoms with Gasteiger partial charge in [0.1, 0.15) is 0 Å². The summed E-state index contributed by atoms with van der Waals surface area (Å²) >= 11 is 0. The number of nitrogens with zero attached hydrogens (tertiary/aromatic N) is 2. The Kier molecular flexibility index (Phi) is 4.19. The number of benzene rings is 3. The molecule has 0 atom stereocenters. The summed E-state index contributed by atoms with van der Waals surface area (Å²) in [6.45, 7) is 0. The van der Waals surface area contributed by atoms with Gasteiger partial charge in [-0.2, -0.15) is 18.2 Å². The van der Waals surface area contributed by atoms with Gasteiger partial charge in [0, 0.05) is 62.4 Å². The van der Waals surface area contributed by atoms with Crippen molar-refractivity contribution in [2.45, 2.75) is 0 Å². The van der Waals surface area contributed by atoms with Crippen molar-refractivity contribution >= 4 is 32.6 Å². The SMILES string of the molecule is Cn1c2cc[c-]cc2c2cc(-c3ccccn3)c3ccccc3c21.[Y]. The number of pyridine rings is 1. The minimum absolute atomic E-state index is 0. The topological polar surface area (TPSA) is 17.8 Å². The number of hydrogen-bond acceptors (Lipinski definition) is 1. The Bertz CT molecular complexity index is 1210. The van der Waals surface area contributed by atoms with Crippen molar-refractivity contribution in [3.63, 3.8) is 0 Å². The molecule has 0 N–H and O–H groups in total. The second-order valence-corrected chi connectivity index (χ2v) is 6.08. The standard InChI is InChI=1S/C22H15N2.Y/c1-24-21-12-5-4-9-16(21)19-14-18(20-11-6-7-13-23-20)15-8-2-3-10-17(15)22(19)24;/h2-3,5-14H,1H3;/q-1;. The fourth-order valence-electron chi connectivity index (χ4n) is 3.71. The third kappa shape index (κ3) is 2.44. The van der Waals surface area contributed by atoms with Crippen LogP contribution in [0.15, 0.2) is 72.9 Å². The molecule has 0 aliphatic rings. The maximum atomic E-state index is 4.58. The molecule has 5 aromatic rings. The van der Waals surface area contributed by atoms with Crippen LogP contribution in [-0.4, -0.2) is 9.55 Å². The maximum absolute atomic E-state index is 4.58. The van der Waals surface area contributed by atoms with E-state index in [1.54, 1.807) is 0 Å². The molecule has 117 valence electrons. The second-order valence-electron chi connectivity index (χ2n) is 6.08. The predicted octanol–water partition coefficient (Wildman–Crippen LogP) is 5.34. The molecule has 0 bridgehead atoms. The van der Waals surface area contributed by atoms with E-state index in [2.05, 4.69) is 71.2 Å². The van der Waals surface area contributed by atoms with Crippen LogP contribution in [0.1, 0.15) is 0 Å². The first-order valence-electron chi connectivity index (χ1n) is 8.06. The van der Waals surface area contributed by atoms with Gasteiger partial charge in [0.2, 0.25) is 0 Å². The summed E-state index contributed by atoms with van der Waals surface area (Å²) in [5.41, 5.74) is 4.68. The Morgan fingerprint density at radius 1 is 0.880 bits per heavy atom. The molecule has 0 aliphatic carbocycles. The van der Waals surface area contributed by atoms with Crippen LogP contribution in [0.2, 0.25) is 0 Å². The molecule has 3 heteroatoms. The fourth-order valence-corrected chi connectivity index (χ4v) is 3.71.